The van der Waals surface area contributed by atoms with Gasteiger partial charge in [-0.25, -0.2) is 4.39 Å². The number of nitrogens with zero attached hydrogens (tertiary/aromatic N) is 3. The predicted molar refractivity (Wildman–Crippen MR) is 111 cm³/mol. The molecule has 0 aromatic heterocycles. The van der Waals surface area contributed by atoms with Crippen LogP contribution in [0.3, 0.4) is 0 Å². The smallest absolute Gasteiger partial charge is 0.251 e. The zero-order valence-electron chi connectivity index (χ0n) is 16.9. The van der Waals surface area contributed by atoms with Crippen molar-refractivity contribution in [2.45, 2.75) is 6.04 Å². The maximum atomic E-state index is 13.1. The molecule has 0 aliphatic carbocycles. The molecule has 5 nitrogen and oxygen atoms in total. The molecule has 1 aliphatic heterocycles. The number of hydrogen-bond acceptors (Lipinski definition) is 4. The average molecular weight is 384 g/mol. The monoisotopic (exact) mass is 384 g/mol. The van der Waals surface area contributed by atoms with Gasteiger partial charge in [-0.15, -0.1) is 0 Å². The molecule has 1 saturated heterocycles. The van der Waals surface area contributed by atoms with Crippen LogP contribution in [0.2, 0.25) is 0 Å². The quantitative estimate of drug-likeness (QED) is 0.831. The zero-order valence-corrected chi connectivity index (χ0v) is 16.9. The molecule has 0 bridgehead atoms. The summed E-state index contributed by atoms with van der Waals surface area (Å²) in [6.45, 7) is 4.46. The largest absolute Gasteiger partial charge is 0.378 e. The minimum absolute atomic E-state index is 0.106. The molecule has 0 saturated carbocycles. The summed E-state index contributed by atoms with van der Waals surface area (Å²) in [7, 11) is 6.18. The van der Waals surface area contributed by atoms with Crippen LogP contribution < -0.4 is 10.2 Å². The van der Waals surface area contributed by atoms with Crippen LogP contribution in [0.1, 0.15) is 22.0 Å². The Morgan fingerprint density at radius 3 is 2.21 bits per heavy atom. The number of amides is 1. The van der Waals surface area contributed by atoms with Crippen LogP contribution in [0.25, 0.3) is 0 Å². The summed E-state index contributed by atoms with van der Waals surface area (Å²) in [5, 5.41) is 3.04. The SMILES string of the molecule is CN1CCN(C(CNC(=O)c2ccc(F)cc2)c2ccc(N(C)C)cc2)CC1. The van der Waals surface area contributed by atoms with Crippen LogP contribution in [0, 0.1) is 5.82 Å². The van der Waals surface area contributed by atoms with Gasteiger partial charge >= 0.3 is 0 Å². The van der Waals surface area contributed by atoms with Crippen LogP contribution >= 0.6 is 0 Å². The van der Waals surface area contributed by atoms with E-state index in [-0.39, 0.29) is 17.8 Å². The molecule has 0 radical (unpaired) electrons. The number of rotatable bonds is 6. The van der Waals surface area contributed by atoms with Crippen LogP contribution in [0.5, 0.6) is 0 Å². The first kappa shape index (κ1) is 20.3. The number of likely N-dealkylation sites (N-methyl/N-ethyl adjacent to an activating group) is 1. The summed E-state index contributed by atoms with van der Waals surface area (Å²) in [6, 6.07) is 14.3. The van der Waals surface area contributed by atoms with Gasteiger partial charge in [-0.05, 0) is 49.0 Å². The lowest BCUT2D eigenvalue weighted by atomic mass is 10.0. The molecule has 1 N–H and O–H groups in total. The molecule has 1 amide bonds. The third-order valence-electron chi connectivity index (χ3n) is 5.34. The molecule has 1 aliphatic rings. The predicted octanol–water partition coefficient (Wildman–Crippen LogP) is 2.61. The number of anilines is 1. The first-order valence-corrected chi connectivity index (χ1v) is 9.67. The second kappa shape index (κ2) is 9.17. The van der Waals surface area contributed by atoms with Crippen molar-refractivity contribution in [2.75, 3.05) is 58.8 Å². The number of nitrogens with one attached hydrogen (secondary N) is 1. The summed E-state index contributed by atoms with van der Waals surface area (Å²) in [6.07, 6.45) is 0. The van der Waals surface area contributed by atoms with Gasteiger partial charge in [0.25, 0.3) is 5.91 Å². The molecule has 3 rings (SSSR count). The standard InChI is InChI=1S/C22H29FN4O/c1-25(2)20-10-6-17(7-11-20)21(27-14-12-26(3)13-15-27)16-24-22(28)18-4-8-19(23)9-5-18/h4-11,21H,12-16H2,1-3H3,(H,24,28). The highest BCUT2D eigenvalue weighted by atomic mass is 19.1. The molecule has 1 unspecified atom stereocenters. The fourth-order valence-corrected chi connectivity index (χ4v) is 3.48. The van der Waals surface area contributed by atoms with Crippen molar-refractivity contribution in [3.8, 4) is 0 Å². The first-order valence-electron chi connectivity index (χ1n) is 9.67. The van der Waals surface area contributed by atoms with E-state index in [0.717, 1.165) is 31.9 Å². The van der Waals surface area contributed by atoms with Crippen molar-refractivity contribution in [2.24, 2.45) is 0 Å². The number of piperazine rings is 1. The molecule has 1 atom stereocenters. The van der Waals surface area contributed by atoms with Gasteiger partial charge in [-0.2, -0.15) is 0 Å². The Balaban J connectivity index is 1.74. The summed E-state index contributed by atoms with van der Waals surface area (Å²) in [5.74, 6) is -0.517. The van der Waals surface area contributed by atoms with Gasteiger partial charge in [0, 0.05) is 58.1 Å². The minimum Gasteiger partial charge on any atom is -0.378 e. The van der Waals surface area contributed by atoms with Gasteiger partial charge in [0.2, 0.25) is 0 Å². The maximum absolute atomic E-state index is 13.1. The molecule has 0 spiro atoms. The van der Waals surface area contributed by atoms with E-state index in [9.17, 15) is 9.18 Å². The highest BCUT2D eigenvalue weighted by Gasteiger charge is 2.24. The second-order valence-electron chi connectivity index (χ2n) is 7.56. The van der Waals surface area contributed by atoms with Crippen molar-refractivity contribution in [1.82, 2.24) is 15.1 Å². The molecule has 2 aromatic carbocycles. The summed E-state index contributed by atoms with van der Waals surface area (Å²) in [4.78, 5) is 19.3. The summed E-state index contributed by atoms with van der Waals surface area (Å²) in [5.41, 5.74) is 2.81. The third-order valence-corrected chi connectivity index (χ3v) is 5.34. The average Bonchev–Trinajstić information content (AvgIpc) is 2.70. The van der Waals surface area contributed by atoms with Crippen LogP contribution in [-0.4, -0.2) is 69.6 Å². The lowest BCUT2D eigenvalue weighted by Gasteiger charge is -2.38. The van der Waals surface area contributed by atoms with E-state index in [1.165, 1.54) is 29.8 Å². The van der Waals surface area contributed by atoms with Crippen LogP contribution in [0.15, 0.2) is 48.5 Å². The van der Waals surface area contributed by atoms with E-state index in [1.54, 1.807) is 0 Å². The Kier molecular flexibility index (Phi) is 6.65. The molecule has 150 valence electrons. The fraction of sp³-hybridized carbons (Fsp3) is 0.409. The highest BCUT2D eigenvalue weighted by Crippen LogP contribution is 2.24. The zero-order chi connectivity index (χ0) is 20.1. The summed E-state index contributed by atoms with van der Waals surface area (Å²) >= 11 is 0. The van der Waals surface area contributed by atoms with Crippen LogP contribution in [0.4, 0.5) is 10.1 Å². The van der Waals surface area contributed by atoms with E-state index in [2.05, 4.69) is 51.3 Å². The van der Waals surface area contributed by atoms with Gasteiger partial charge in [0.05, 0.1) is 6.04 Å². The molecular weight excluding hydrogens is 355 g/mol. The van der Waals surface area contributed by atoms with E-state index in [1.807, 2.05) is 14.1 Å². The Bertz CT molecular complexity index is 768. The minimum atomic E-state index is -0.340. The number of carbonyl (C=O) groups excluding carboxylic acids is 1. The number of carbonyl (C=O) groups is 1. The third kappa shape index (κ3) is 5.09. The highest BCUT2D eigenvalue weighted by molar-refractivity contribution is 5.94. The number of benzene rings is 2. The molecule has 2 aromatic rings. The van der Waals surface area contributed by atoms with E-state index < -0.39 is 0 Å². The maximum Gasteiger partial charge on any atom is 0.251 e. The van der Waals surface area contributed by atoms with Crippen LogP contribution in [-0.2, 0) is 0 Å². The van der Waals surface area contributed by atoms with E-state index in [4.69, 9.17) is 0 Å². The first-order chi connectivity index (χ1) is 13.4. The van der Waals surface area contributed by atoms with Gasteiger partial charge in [0.15, 0.2) is 0 Å². The van der Waals surface area contributed by atoms with Crippen molar-refractivity contribution < 1.29 is 9.18 Å². The molecule has 28 heavy (non-hydrogen) atoms. The van der Waals surface area contributed by atoms with Crippen molar-refractivity contribution >= 4 is 11.6 Å². The lowest BCUT2D eigenvalue weighted by Crippen LogP contribution is -2.48. The van der Waals surface area contributed by atoms with Gasteiger partial charge in [-0.3, -0.25) is 9.69 Å². The number of hydrogen-bond donors (Lipinski definition) is 1. The Morgan fingerprint density at radius 2 is 1.64 bits per heavy atom. The van der Waals surface area contributed by atoms with E-state index in [0.29, 0.717) is 12.1 Å². The van der Waals surface area contributed by atoms with Gasteiger partial charge in [-0.1, -0.05) is 12.1 Å². The van der Waals surface area contributed by atoms with Crippen molar-refractivity contribution in [3.63, 3.8) is 0 Å². The van der Waals surface area contributed by atoms with Crippen molar-refractivity contribution in [3.05, 3.63) is 65.5 Å². The summed E-state index contributed by atoms with van der Waals surface area (Å²) < 4.78 is 13.1. The lowest BCUT2D eigenvalue weighted by molar-refractivity contribution is 0.0886. The molecule has 1 fully saturated rings. The van der Waals surface area contributed by atoms with Gasteiger partial charge in [0.1, 0.15) is 5.82 Å². The number of halogens is 1. The Morgan fingerprint density at radius 1 is 1.04 bits per heavy atom. The van der Waals surface area contributed by atoms with Gasteiger partial charge < -0.3 is 15.1 Å². The Hall–Kier alpha value is -2.44. The normalized spacial score (nSPS) is 16.6. The van der Waals surface area contributed by atoms with Crippen molar-refractivity contribution in [1.29, 1.82) is 0 Å². The molecule has 1 heterocycles. The second-order valence-corrected chi connectivity index (χ2v) is 7.56. The molecular formula is C22H29FN4O. The molecule has 6 heteroatoms. The topological polar surface area (TPSA) is 38.8 Å². The van der Waals surface area contributed by atoms with E-state index >= 15 is 0 Å². The fourth-order valence-electron chi connectivity index (χ4n) is 3.48. The Labute approximate surface area is 166 Å².